The lowest BCUT2D eigenvalue weighted by Crippen LogP contribution is -2.25. The highest BCUT2D eigenvalue weighted by atomic mass is 19.1. The minimum Gasteiger partial charge on any atom is -0.481 e. The summed E-state index contributed by atoms with van der Waals surface area (Å²) < 4.78 is 12.9. The largest absolute Gasteiger partial charge is 0.481 e. The molecule has 0 aliphatic carbocycles. The number of hydrogen-bond acceptors (Lipinski definition) is 3. The smallest absolute Gasteiger partial charge is 0.308 e. The van der Waals surface area contributed by atoms with Crippen LogP contribution in [0.25, 0.3) is 0 Å². The molecule has 0 bridgehead atoms. The zero-order chi connectivity index (χ0) is 13.1. The number of carboxylic acids is 1. The molecule has 0 aromatic heterocycles. The molecule has 0 radical (unpaired) electrons. The molecule has 1 heterocycles. The Labute approximate surface area is 105 Å². The number of rotatable bonds is 4. The van der Waals surface area contributed by atoms with Crippen LogP contribution in [0.5, 0.6) is 0 Å². The van der Waals surface area contributed by atoms with Gasteiger partial charge in [0.1, 0.15) is 5.82 Å². The summed E-state index contributed by atoms with van der Waals surface area (Å²) in [7, 11) is 0. The zero-order valence-corrected chi connectivity index (χ0v) is 9.92. The molecule has 18 heavy (non-hydrogen) atoms. The van der Waals surface area contributed by atoms with Gasteiger partial charge in [0, 0.05) is 25.6 Å². The molecule has 5 heteroatoms. The molecule has 0 saturated carbocycles. The van der Waals surface area contributed by atoms with Gasteiger partial charge in [-0.25, -0.2) is 4.39 Å². The molecule has 1 saturated heterocycles. The van der Waals surface area contributed by atoms with Crippen LogP contribution < -0.4 is 0 Å². The summed E-state index contributed by atoms with van der Waals surface area (Å²) in [6.45, 7) is 1.51. The van der Waals surface area contributed by atoms with E-state index >= 15 is 0 Å². The number of aliphatic hydroxyl groups excluding tert-OH is 1. The average molecular weight is 253 g/mol. The third-order valence-corrected chi connectivity index (χ3v) is 3.43. The van der Waals surface area contributed by atoms with Crippen molar-refractivity contribution in [2.45, 2.75) is 5.92 Å². The second-order valence-electron chi connectivity index (χ2n) is 4.59. The van der Waals surface area contributed by atoms with E-state index in [1.807, 2.05) is 4.90 Å². The first-order valence-electron chi connectivity index (χ1n) is 5.93. The van der Waals surface area contributed by atoms with Crippen molar-refractivity contribution in [2.24, 2.45) is 5.92 Å². The summed E-state index contributed by atoms with van der Waals surface area (Å²) in [4.78, 5) is 13.2. The van der Waals surface area contributed by atoms with Gasteiger partial charge in [-0.15, -0.1) is 0 Å². The number of carboxylic acid groups (broad SMARTS) is 1. The summed E-state index contributed by atoms with van der Waals surface area (Å²) in [5, 5.41) is 18.1. The minimum absolute atomic E-state index is 0.0163. The second-order valence-corrected chi connectivity index (χ2v) is 4.59. The number of hydrogen-bond donors (Lipinski definition) is 2. The Balaban J connectivity index is 2.18. The van der Waals surface area contributed by atoms with Gasteiger partial charge >= 0.3 is 5.97 Å². The molecule has 4 nitrogen and oxygen atoms in total. The first kappa shape index (κ1) is 13.0. The van der Waals surface area contributed by atoms with Crippen LogP contribution in [0, 0.1) is 11.7 Å². The van der Waals surface area contributed by atoms with Crippen LogP contribution in [0.4, 0.5) is 4.39 Å². The monoisotopic (exact) mass is 253 g/mol. The number of β-amino-alcohol motifs (C(OH)–C–C–N with tert-alkyl or cyclic N) is 1. The Morgan fingerprint density at radius 2 is 2.00 bits per heavy atom. The van der Waals surface area contributed by atoms with Gasteiger partial charge in [-0.05, 0) is 17.7 Å². The third kappa shape index (κ3) is 2.68. The molecule has 2 N–H and O–H groups in total. The maximum absolute atomic E-state index is 12.9. The summed E-state index contributed by atoms with van der Waals surface area (Å²) in [5.41, 5.74) is 0.837. The molecule has 1 aliphatic rings. The highest BCUT2D eigenvalue weighted by Gasteiger charge is 2.38. The van der Waals surface area contributed by atoms with E-state index in [4.69, 9.17) is 5.11 Å². The van der Waals surface area contributed by atoms with E-state index in [9.17, 15) is 14.3 Å². The van der Waals surface area contributed by atoms with E-state index in [1.54, 1.807) is 12.1 Å². The molecule has 2 atom stereocenters. The number of benzene rings is 1. The number of carbonyl (C=O) groups is 1. The Hall–Kier alpha value is -1.46. The molecule has 1 aromatic carbocycles. The van der Waals surface area contributed by atoms with Crippen LogP contribution in [0.3, 0.4) is 0 Å². The Bertz CT molecular complexity index is 421. The van der Waals surface area contributed by atoms with Gasteiger partial charge < -0.3 is 10.2 Å². The molecule has 0 spiro atoms. The van der Waals surface area contributed by atoms with Crippen molar-refractivity contribution >= 4 is 5.97 Å². The van der Waals surface area contributed by atoms with Crippen molar-refractivity contribution in [1.82, 2.24) is 4.90 Å². The van der Waals surface area contributed by atoms with Crippen LogP contribution in [-0.2, 0) is 4.79 Å². The van der Waals surface area contributed by atoms with Gasteiger partial charge in [0.2, 0.25) is 0 Å². The van der Waals surface area contributed by atoms with Crippen molar-refractivity contribution in [3.63, 3.8) is 0 Å². The van der Waals surface area contributed by atoms with Crippen molar-refractivity contribution in [1.29, 1.82) is 0 Å². The van der Waals surface area contributed by atoms with E-state index in [0.29, 0.717) is 19.6 Å². The number of aliphatic hydroxyl groups is 1. The van der Waals surface area contributed by atoms with E-state index in [2.05, 4.69) is 0 Å². The number of nitrogens with zero attached hydrogens (tertiary/aromatic N) is 1. The highest BCUT2D eigenvalue weighted by molar-refractivity contribution is 5.72. The van der Waals surface area contributed by atoms with Gasteiger partial charge in [-0.3, -0.25) is 9.69 Å². The van der Waals surface area contributed by atoms with Crippen LogP contribution in [-0.4, -0.2) is 47.3 Å². The predicted molar refractivity (Wildman–Crippen MR) is 63.8 cm³/mol. The van der Waals surface area contributed by atoms with E-state index < -0.39 is 11.9 Å². The lowest BCUT2D eigenvalue weighted by molar-refractivity contribution is -0.141. The van der Waals surface area contributed by atoms with Crippen LogP contribution in [0.1, 0.15) is 11.5 Å². The van der Waals surface area contributed by atoms with Crippen molar-refractivity contribution in [2.75, 3.05) is 26.2 Å². The summed E-state index contributed by atoms with van der Waals surface area (Å²) >= 11 is 0. The average Bonchev–Trinajstić information content (AvgIpc) is 2.75. The maximum Gasteiger partial charge on any atom is 0.308 e. The molecule has 98 valence electrons. The molecule has 0 amide bonds. The molecule has 1 fully saturated rings. The predicted octanol–water partition coefficient (Wildman–Crippen LogP) is 0.918. The highest BCUT2D eigenvalue weighted by Crippen LogP contribution is 2.32. The molecule has 2 rings (SSSR count). The molecule has 1 aromatic rings. The topological polar surface area (TPSA) is 60.8 Å². The van der Waals surface area contributed by atoms with Gasteiger partial charge in [0.25, 0.3) is 0 Å². The Kier molecular flexibility index (Phi) is 3.93. The number of likely N-dealkylation sites (tertiary alicyclic amines) is 1. The SMILES string of the molecule is O=C(O)[C@@H]1CN(CCO)C[C@H]1c1ccc(F)cc1. The quantitative estimate of drug-likeness (QED) is 0.837. The normalized spacial score (nSPS) is 24.3. The number of aliphatic carboxylic acids is 1. The fourth-order valence-electron chi connectivity index (χ4n) is 2.51. The van der Waals surface area contributed by atoms with E-state index in [0.717, 1.165) is 5.56 Å². The zero-order valence-electron chi connectivity index (χ0n) is 9.92. The minimum atomic E-state index is -0.843. The van der Waals surface area contributed by atoms with E-state index in [1.165, 1.54) is 12.1 Å². The first-order chi connectivity index (χ1) is 8.61. The Morgan fingerprint density at radius 3 is 2.56 bits per heavy atom. The maximum atomic E-state index is 12.9. The van der Waals surface area contributed by atoms with Crippen molar-refractivity contribution in [3.05, 3.63) is 35.6 Å². The molecule has 0 unspecified atom stereocenters. The van der Waals surface area contributed by atoms with Crippen LogP contribution >= 0.6 is 0 Å². The lowest BCUT2D eigenvalue weighted by atomic mass is 9.89. The number of halogens is 1. The summed E-state index contributed by atoms with van der Waals surface area (Å²) in [5.74, 6) is -1.81. The lowest BCUT2D eigenvalue weighted by Gasteiger charge is -2.15. The first-order valence-corrected chi connectivity index (χ1v) is 5.93. The van der Waals surface area contributed by atoms with Crippen LogP contribution in [0.15, 0.2) is 24.3 Å². The van der Waals surface area contributed by atoms with Crippen molar-refractivity contribution < 1.29 is 19.4 Å². The molecule has 1 aliphatic heterocycles. The van der Waals surface area contributed by atoms with Crippen molar-refractivity contribution in [3.8, 4) is 0 Å². The summed E-state index contributed by atoms with van der Waals surface area (Å²) in [6, 6.07) is 5.97. The molecular weight excluding hydrogens is 237 g/mol. The third-order valence-electron chi connectivity index (χ3n) is 3.43. The Morgan fingerprint density at radius 1 is 1.33 bits per heavy atom. The second kappa shape index (κ2) is 5.46. The van der Waals surface area contributed by atoms with Gasteiger partial charge in [-0.2, -0.15) is 0 Å². The van der Waals surface area contributed by atoms with Crippen LogP contribution in [0.2, 0.25) is 0 Å². The van der Waals surface area contributed by atoms with Gasteiger partial charge in [0.15, 0.2) is 0 Å². The molecular formula is C13H16FNO3. The van der Waals surface area contributed by atoms with Gasteiger partial charge in [0.05, 0.1) is 12.5 Å². The fraction of sp³-hybridized carbons (Fsp3) is 0.462. The fourth-order valence-corrected chi connectivity index (χ4v) is 2.51. The van der Waals surface area contributed by atoms with Gasteiger partial charge in [-0.1, -0.05) is 12.1 Å². The van der Waals surface area contributed by atoms with E-state index in [-0.39, 0.29) is 18.3 Å². The summed E-state index contributed by atoms with van der Waals surface area (Å²) in [6.07, 6.45) is 0. The standard InChI is InChI=1S/C13H16FNO3/c14-10-3-1-9(2-4-10)11-7-15(5-6-16)8-12(11)13(17)18/h1-4,11-12,16H,5-8H2,(H,17,18)/t11-,12+/m0/s1.